The lowest BCUT2D eigenvalue weighted by Gasteiger charge is -2.25. The molecule has 0 aliphatic carbocycles. The fourth-order valence-electron chi connectivity index (χ4n) is 4.40. The van der Waals surface area contributed by atoms with Crippen LogP contribution in [0.25, 0.3) is 0 Å². The Morgan fingerprint density at radius 2 is 1.76 bits per heavy atom. The van der Waals surface area contributed by atoms with Crippen molar-refractivity contribution in [2.75, 3.05) is 33.3 Å². The zero-order chi connectivity index (χ0) is 22.8. The molecule has 0 atom stereocenters. The first-order valence-electron chi connectivity index (χ1n) is 11.3. The number of ether oxygens (including phenoxy) is 2. The number of hydrogen-bond acceptors (Lipinski definition) is 5. The highest BCUT2D eigenvalue weighted by Gasteiger charge is 2.27. The number of para-hydroxylation sites is 3. The van der Waals surface area contributed by atoms with E-state index in [4.69, 9.17) is 14.5 Å². The number of amidine groups is 1. The van der Waals surface area contributed by atoms with Gasteiger partial charge in [0.05, 0.1) is 18.2 Å². The highest BCUT2D eigenvalue weighted by Crippen LogP contribution is 2.38. The molecule has 0 unspecified atom stereocenters. The van der Waals surface area contributed by atoms with Crippen molar-refractivity contribution >= 4 is 17.4 Å². The Morgan fingerprint density at radius 1 is 0.939 bits per heavy atom. The molecule has 0 bridgehead atoms. The molecule has 168 valence electrons. The largest absolute Gasteiger partial charge is 0.496 e. The zero-order valence-electron chi connectivity index (χ0n) is 19.0. The number of hydrogen-bond donors (Lipinski definition) is 0. The molecule has 2 heterocycles. The van der Waals surface area contributed by atoms with Crippen molar-refractivity contribution in [1.29, 1.82) is 0 Å². The molecule has 0 N–H and O–H groups in total. The standard InChI is InChI=1S/C27H27N3O3/c1-19-12-13-24-21(18-19)26(28-22-9-4-6-11-25(22)33-24)29-14-7-15-30(17-16-29)27(31)20-8-3-5-10-23(20)32-2/h3-6,8-13,18H,7,14-17H2,1-2H3. The summed E-state index contributed by atoms with van der Waals surface area (Å²) in [5.41, 5.74) is 3.55. The predicted molar refractivity (Wildman–Crippen MR) is 129 cm³/mol. The van der Waals surface area contributed by atoms with Gasteiger partial charge in [0.1, 0.15) is 23.0 Å². The van der Waals surface area contributed by atoms with Crippen LogP contribution < -0.4 is 9.47 Å². The Morgan fingerprint density at radius 3 is 2.64 bits per heavy atom. The second kappa shape index (κ2) is 8.98. The fourth-order valence-corrected chi connectivity index (χ4v) is 4.40. The molecule has 6 heteroatoms. The molecule has 0 aromatic heterocycles. The van der Waals surface area contributed by atoms with E-state index >= 15 is 0 Å². The molecular weight excluding hydrogens is 414 g/mol. The van der Waals surface area contributed by atoms with Crippen molar-refractivity contribution in [2.24, 2.45) is 4.99 Å². The number of methoxy groups -OCH3 is 1. The van der Waals surface area contributed by atoms with Gasteiger partial charge in [0.25, 0.3) is 5.91 Å². The van der Waals surface area contributed by atoms with Gasteiger partial charge in [0, 0.05) is 26.2 Å². The summed E-state index contributed by atoms with van der Waals surface area (Å²) in [5, 5.41) is 0. The molecule has 3 aromatic carbocycles. The van der Waals surface area contributed by atoms with Gasteiger partial charge in [-0.05, 0) is 49.7 Å². The summed E-state index contributed by atoms with van der Waals surface area (Å²) in [6.45, 7) is 4.87. The van der Waals surface area contributed by atoms with Crippen molar-refractivity contribution in [3.8, 4) is 17.2 Å². The van der Waals surface area contributed by atoms with Crippen LogP contribution in [0.1, 0.15) is 27.9 Å². The van der Waals surface area contributed by atoms with E-state index in [0.29, 0.717) is 30.9 Å². The average molecular weight is 442 g/mol. The van der Waals surface area contributed by atoms with Crippen LogP contribution in [-0.2, 0) is 0 Å². The van der Waals surface area contributed by atoms with E-state index in [1.54, 1.807) is 7.11 Å². The molecule has 1 fully saturated rings. The van der Waals surface area contributed by atoms with Crippen LogP contribution in [0.2, 0.25) is 0 Å². The Hall–Kier alpha value is -3.80. The molecule has 2 aliphatic heterocycles. The molecule has 3 aromatic rings. The molecule has 0 saturated carbocycles. The summed E-state index contributed by atoms with van der Waals surface area (Å²) in [7, 11) is 1.60. The third kappa shape index (κ3) is 4.16. The van der Waals surface area contributed by atoms with Gasteiger partial charge in [-0.25, -0.2) is 4.99 Å². The smallest absolute Gasteiger partial charge is 0.257 e. The van der Waals surface area contributed by atoms with E-state index < -0.39 is 0 Å². The van der Waals surface area contributed by atoms with Gasteiger partial charge in [0.2, 0.25) is 0 Å². The monoisotopic (exact) mass is 441 g/mol. The van der Waals surface area contributed by atoms with Gasteiger partial charge in [-0.1, -0.05) is 35.9 Å². The van der Waals surface area contributed by atoms with Gasteiger partial charge >= 0.3 is 0 Å². The lowest BCUT2D eigenvalue weighted by Crippen LogP contribution is -2.37. The number of aliphatic imine (C=N–C) groups is 1. The van der Waals surface area contributed by atoms with Crippen LogP contribution >= 0.6 is 0 Å². The Labute approximate surface area is 194 Å². The molecule has 1 saturated heterocycles. The minimum absolute atomic E-state index is 0.00188. The van der Waals surface area contributed by atoms with Gasteiger partial charge in [0.15, 0.2) is 5.75 Å². The Balaban J connectivity index is 1.45. The average Bonchev–Trinajstić information content (AvgIpc) is 3.18. The van der Waals surface area contributed by atoms with Crippen molar-refractivity contribution in [3.63, 3.8) is 0 Å². The van der Waals surface area contributed by atoms with Crippen LogP contribution in [0.4, 0.5) is 5.69 Å². The number of fused-ring (bicyclic) bond motifs is 2. The fraction of sp³-hybridized carbons (Fsp3) is 0.259. The minimum atomic E-state index is 0.00188. The van der Waals surface area contributed by atoms with Gasteiger partial charge < -0.3 is 19.3 Å². The second-order valence-corrected chi connectivity index (χ2v) is 8.34. The molecule has 2 aliphatic rings. The lowest BCUT2D eigenvalue weighted by atomic mass is 10.1. The molecule has 0 spiro atoms. The van der Waals surface area contributed by atoms with E-state index in [9.17, 15) is 4.79 Å². The van der Waals surface area contributed by atoms with Crippen LogP contribution in [0.15, 0.2) is 71.7 Å². The third-order valence-electron chi connectivity index (χ3n) is 6.11. The molecule has 6 nitrogen and oxygen atoms in total. The summed E-state index contributed by atoms with van der Waals surface area (Å²) in [4.78, 5) is 22.5. The first kappa shape index (κ1) is 21.1. The number of aryl methyl sites for hydroxylation is 1. The van der Waals surface area contributed by atoms with E-state index in [2.05, 4.69) is 24.0 Å². The van der Waals surface area contributed by atoms with Gasteiger partial charge in [-0.15, -0.1) is 0 Å². The quantitative estimate of drug-likeness (QED) is 0.559. The molecule has 1 amide bonds. The number of carbonyl (C=O) groups is 1. The van der Waals surface area contributed by atoms with Crippen LogP contribution in [0.5, 0.6) is 17.2 Å². The highest BCUT2D eigenvalue weighted by atomic mass is 16.5. The molecule has 5 rings (SSSR count). The topological polar surface area (TPSA) is 54.4 Å². The second-order valence-electron chi connectivity index (χ2n) is 8.34. The van der Waals surface area contributed by atoms with Gasteiger partial charge in [-0.2, -0.15) is 0 Å². The van der Waals surface area contributed by atoms with Crippen molar-refractivity contribution in [1.82, 2.24) is 9.80 Å². The van der Waals surface area contributed by atoms with Crippen LogP contribution in [0.3, 0.4) is 0 Å². The maximum absolute atomic E-state index is 13.3. The van der Waals surface area contributed by atoms with E-state index in [-0.39, 0.29) is 5.91 Å². The van der Waals surface area contributed by atoms with E-state index in [1.807, 2.05) is 59.5 Å². The number of benzene rings is 3. The van der Waals surface area contributed by atoms with E-state index in [1.165, 1.54) is 0 Å². The van der Waals surface area contributed by atoms with Gasteiger partial charge in [-0.3, -0.25) is 4.79 Å². The number of carbonyl (C=O) groups excluding carboxylic acids is 1. The normalized spacial score (nSPS) is 15.4. The summed E-state index contributed by atoms with van der Waals surface area (Å²) in [5.74, 6) is 3.05. The summed E-state index contributed by atoms with van der Waals surface area (Å²) in [6, 6.07) is 21.5. The molecule has 0 radical (unpaired) electrons. The Kier molecular flexibility index (Phi) is 5.73. The van der Waals surface area contributed by atoms with Crippen LogP contribution in [-0.4, -0.2) is 54.8 Å². The van der Waals surface area contributed by atoms with Crippen molar-refractivity contribution in [2.45, 2.75) is 13.3 Å². The van der Waals surface area contributed by atoms with Crippen molar-refractivity contribution < 1.29 is 14.3 Å². The summed E-state index contributed by atoms with van der Waals surface area (Å²) >= 11 is 0. The first-order valence-corrected chi connectivity index (χ1v) is 11.3. The first-order chi connectivity index (χ1) is 16.1. The number of rotatable bonds is 2. The number of nitrogens with zero attached hydrogens (tertiary/aromatic N) is 3. The molecule has 33 heavy (non-hydrogen) atoms. The minimum Gasteiger partial charge on any atom is -0.496 e. The highest BCUT2D eigenvalue weighted by molar-refractivity contribution is 6.04. The lowest BCUT2D eigenvalue weighted by molar-refractivity contribution is 0.0760. The Bertz CT molecular complexity index is 1220. The maximum atomic E-state index is 13.3. The number of amides is 1. The summed E-state index contributed by atoms with van der Waals surface area (Å²) < 4.78 is 11.6. The summed E-state index contributed by atoms with van der Waals surface area (Å²) in [6.07, 6.45) is 0.851. The predicted octanol–water partition coefficient (Wildman–Crippen LogP) is 5.04. The SMILES string of the molecule is COc1ccccc1C(=O)N1CCCN(C2=Nc3ccccc3Oc3ccc(C)cc32)CC1. The van der Waals surface area contributed by atoms with Crippen LogP contribution in [0, 0.1) is 6.92 Å². The third-order valence-corrected chi connectivity index (χ3v) is 6.11. The maximum Gasteiger partial charge on any atom is 0.257 e. The van der Waals surface area contributed by atoms with Crippen molar-refractivity contribution in [3.05, 3.63) is 83.4 Å². The molecular formula is C27H27N3O3. The zero-order valence-corrected chi connectivity index (χ0v) is 19.0. The van der Waals surface area contributed by atoms with E-state index in [0.717, 1.165) is 47.1 Å².